The normalized spacial score (nSPS) is 15.7. The van der Waals surface area contributed by atoms with Gasteiger partial charge in [0.25, 0.3) is 0 Å². The smallest absolute Gasteiger partial charge is 0.356 e. The van der Waals surface area contributed by atoms with E-state index in [1.54, 1.807) is 7.05 Å². The van der Waals surface area contributed by atoms with E-state index in [1.807, 2.05) is 4.90 Å². The molecule has 1 heterocycles. The summed E-state index contributed by atoms with van der Waals surface area (Å²) in [6.07, 6.45) is -0.495. The zero-order valence-corrected chi connectivity index (χ0v) is 14.9. The number of alkyl halides is 3. The minimum atomic E-state index is -4.32. The molecule has 0 atom stereocenters. The summed E-state index contributed by atoms with van der Waals surface area (Å²) in [4.78, 5) is 18.0. The number of hydrogen-bond donors (Lipinski definition) is 2. The molecule has 5 nitrogen and oxygen atoms in total. The number of benzene rings is 1. The SMILES string of the molecule is CN=C(NCCc1ccc(C(F)(F)F)cc1)NCC(=O)N1CCCCC1. The Kier molecular flexibility index (Phi) is 7.29. The number of amides is 1. The largest absolute Gasteiger partial charge is 0.416 e. The molecular formula is C18H25F3N4O. The summed E-state index contributed by atoms with van der Waals surface area (Å²) in [6.45, 7) is 2.30. The molecule has 1 aliphatic heterocycles. The molecule has 1 aliphatic rings. The van der Waals surface area contributed by atoms with Crippen LogP contribution in [-0.4, -0.2) is 50.0 Å². The standard InChI is InChI=1S/C18H25F3N4O/c1-22-17(24-13-16(26)25-11-3-2-4-12-25)23-10-9-14-5-7-15(8-6-14)18(19,20)21/h5-8H,2-4,9-13H2,1H3,(H2,22,23,24). The fraction of sp³-hybridized carbons (Fsp3) is 0.556. The Balaban J connectivity index is 1.72. The second-order valence-electron chi connectivity index (χ2n) is 6.24. The fourth-order valence-electron chi connectivity index (χ4n) is 2.82. The van der Waals surface area contributed by atoms with Crippen LogP contribution in [0.5, 0.6) is 0 Å². The first-order valence-corrected chi connectivity index (χ1v) is 8.78. The molecule has 1 amide bonds. The van der Waals surface area contributed by atoms with E-state index in [0.29, 0.717) is 18.9 Å². The second-order valence-corrected chi connectivity index (χ2v) is 6.24. The molecule has 0 saturated carbocycles. The van der Waals surface area contributed by atoms with Gasteiger partial charge >= 0.3 is 6.18 Å². The first kappa shape index (κ1) is 20.1. The lowest BCUT2D eigenvalue weighted by molar-refractivity contribution is -0.137. The Labute approximate surface area is 151 Å². The van der Waals surface area contributed by atoms with Crippen LogP contribution in [0.15, 0.2) is 29.3 Å². The first-order valence-electron chi connectivity index (χ1n) is 8.78. The summed E-state index contributed by atoms with van der Waals surface area (Å²) >= 11 is 0. The van der Waals surface area contributed by atoms with Gasteiger partial charge in [-0.1, -0.05) is 12.1 Å². The summed E-state index contributed by atoms with van der Waals surface area (Å²) in [6, 6.07) is 5.11. The number of guanidine groups is 1. The van der Waals surface area contributed by atoms with Gasteiger partial charge in [-0.3, -0.25) is 9.79 Å². The molecule has 0 aliphatic carbocycles. The molecular weight excluding hydrogens is 345 g/mol. The highest BCUT2D eigenvalue weighted by molar-refractivity contribution is 5.86. The van der Waals surface area contributed by atoms with Crippen molar-refractivity contribution in [1.29, 1.82) is 0 Å². The number of piperidine rings is 1. The molecule has 144 valence electrons. The zero-order valence-electron chi connectivity index (χ0n) is 14.9. The number of carbonyl (C=O) groups excluding carboxylic acids is 1. The van der Waals surface area contributed by atoms with Crippen LogP contribution in [0.1, 0.15) is 30.4 Å². The Bertz CT molecular complexity index is 608. The maximum Gasteiger partial charge on any atom is 0.416 e. The van der Waals surface area contributed by atoms with Gasteiger partial charge in [0.2, 0.25) is 5.91 Å². The van der Waals surface area contributed by atoms with Crippen molar-refractivity contribution in [1.82, 2.24) is 15.5 Å². The molecule has 2 rings (SSSR count). The third-order valence-electron chi connectivity index (χ3n) is 4.33. The molecule has 1 saturated heterocycles. The van der Waals surface area contributed by atoms with Crippen molar-refractivity contribution in [3.8, 4) is 0 Å². The van der Waals surface area contributed by atoms with Crippen molar-refractivity contribution >= 4 is 11.9 Å². The lowest BCUT2D eigenvalue weighted by Crippen LogP contribution is -2.46. The van der Waals surface area contributed by atoms with Gasteiger partial charge < -0.3 is 15.5 Å². The molecule has 0 unspecified atom stereocenters. The van der Waals surface area contributed by atoms with Gasteiger partial charge in [0.1, 0.15) is 0 Å². The topological polar surface area (TPSA) is 56.7 Å². The van der Waals surface area contributed by atoms with E-state index >= 15 is 0 Å². The summed E-state index contributed by atoms with van der Waals surface area (Å²) in [7, 11) is 1.61. The van der Waals surface area contributed by atoms with E-state index in [9.17, 15) is 18.0 Å². The predicted octanol–water partition coefficient (Wildman–Crippen LogP) is 2.43. The highest BCUT2D eigenvalue weighted by Gasteiger charge is 2.29. The number of likely N-dealkylation sites (tertiary alicyclic amines) is 1. The van der Waals surface area contributed by atoms with Crippen LogP contribution in [0.4, 0.5) is 13.2 Å². The van der Waals surface area contributed by atoms with Crippen molar-refractivity contribution in [3.63, 3.8) is 0 Å². The molecule has 1 fully saturated rings. The average molecular weight is 370 g/mol. The molecule has 1 aromatic carbocycles. The van der Waals surface area contributed by atoms with Crippen LogP contribution in [0.2, 0.25) is 0 Å². The summed E-state index contributed by atoms with van der Waals surface area (Å²) < 4.78 is 37.6. The minimum Gasteiger partial charge on any atom is -0.356 e. The maximum atomic E-state index is 12.5. The van der Waals surface area contributed by atoms with E-state index < -0.39 is 11.7 Å². The number of rotatable bonds is 5. The van der Waals surface area contributed by atoms with Crippen molar-refractivity contribution in [2.24, 2.45) is 4.99 Å². The van der Waals surface area contributed by atoms with Crippen molar-refractivity contribution in [2.75, 3.05) is 33.2 Å². The van der Waals surface area contributed by atoms with Gasteiger partial charge in [0.15, 0.2) is 5.96 Å². The summed E-state index contributed by atoms with van der Waals surface area (Å²) in [5.41, 5.74) is 0.147. The molecule has 0 radical (unpaired) electrons. The van der Waals surface area contributed by atoms with Gasteiger partial charge in [-0.05, 0) is 43.4 Å². The monoisotopic (exact) mass is 370 g/mol. The van der Waals surface area contributed by atoms with Crippen LogP contribution in [0.3, 0.4) is 0 Å². The van der Waals surface area contributed by atoms with Gasteiger partial charge in [-0.2, -0.15) is 13.2 Å². The number of carbonyl (C=O) groups is 1. The molecule has 8 heteroatoms. The Morgan fingerprint density at radius 2 is 1.77 bits per heavy atom. The van der Waals surface area contributed by atoms with E-state index in [1.165, 1.54) is 18.6 Å². The lowest BCUT2D eigenvalue weighted by Gasteiger charge is -2.27. The Hall–Kier alpha value is -2.25. The predicted molar refractivity (Wildman–Crippen MR) is 94.9 cm³/mol. The second kappa shape index (κ2) is 9.45. The van der Waals surface area contributed by atoms with Gasteiger partial charge in [0, 0.05) is 26.7 Å². The van der Waals surface area contributed by atoms with Gasteiger partial charge in [-0.15, -0.1) is 0 Å². The number of hydrogen-bond acceptors (Lipinski definition) is 2. The van der Waals surface area contributed by atoms with Crippen LogP contribution < -0.4 is 10.6 Å². The maximum absolute atomic E-state index is 12.5. The fourth-order valence-corrected chi connectivity index (χ4v) is 2.82. The Morgan fingerprint density at radius 3 is 2.35 bits per heavy atom. The quantitative estimate of drug-likeness (QED) is 0.618. The highest BCUT2D eigenvalue weighted by Crippen LogP contribution is 2.29. The van der Waals surface area contributed by atoms with Crippen LogP contribution in [-0.2, 0) is 17.4 Å². The lowest BCUT2D eigenvalue weighted by atomic mass is 10.1. The first-order chi connectivity index (χ1) is 12.4. The molecule has 0 spiro atoms. The third-order valence-corrected chi connectivity index (χ3v) is 4.33. The molecule has 1 aromatic rings. The van der Waals surface area contributed by atoms with Crippen LogP contribution in [0, 0.1) is 0 Å². The molecule has 2 N–H and O–H groups in total. The summed E-state index contributed by atoms with van der Waals surface area (Å²) in [5, 5.41) is 6.05. The van der Waals surface area contributed by atoms with Gasteiger partial charge in [0.05, 0.1) is 12.1 Å². The number of nitrogens with one attached hydrogen (secondary N) is 2. The molecule has 26 heavy (non-hydrogen) atoms. The van der Waals surface area contributed by atoms with E-state index in [2.05, 4.69) is 15.6 Å². The number of halogens is 3. The van der Waals surface area contributed by atoms with Gasteiger partial charge in [-0.25, -0.2) is 0 Å². The molecule has 0 bridgehead atoms. The van der Waals surface area contributed by atoms with E-state index in [0.717, 1.165) is 43.6 Å². The number of aliphatic imine (C=N–C) groups is 1. The van der Waals surface area contributed by atoms with E-state index in [4.69, 9.17) is 0 Å². The van der Waals surface area contributed by atoms with E-state index in [-0.39, 0.29) is 12.5 Å². The van der Waals surface area contributed by atoms with Crippen molar-refractivity contribution < 1.29 is 18.0 Å². The third kappa shape index (κ3) is 6.24. The highest BCUT2D eigenvalue weighted by atomic mass is 19.4. The summed E-state index contributed by atoms with van der Waals surface area (Å²) in [5.74, 6) is 0.553. The molecule has 0 aromatic heterocycles. The Morgan fingerprint density at radius 1 is 1.12 bits per heavy atom. The van der Waals surface area contributed by atoms with Crippen LogP contribution >= 0.6 is 0 Å². The minimum absolute atomic E-state index is 0.0513. The van der Waals surface area contributed by atoms with Crippen molar-refractivity contribution in [2.45, 2.75) is 31.9 Å². The average Bonchev–Trinajstić information content (AvgIpc) is 2.64. The number of nitrogens with zero attached hydrogens (tertiary/aromatic N) is 2. The zero-order chi connectivity index (χ0) is 19.0. The van der Waals surface area contributed by atoms with Crippen molar-refractivity contribution in [3.05, 3.63) is 35.4 Å². The van der Waals surface area contributed by atoms with Crippen LogP contribution in [0.25, 0.3) is 0 Å².